The van der Waals surface area contributed by atoms with E-state index in [4.69, 9.17) is 11.6 Å². The molecule has 6 nitrogen and oxygen atoms in total. The molecule has 2 aromatic rings. The van der Waals surface area contributed by atoms with E-state index in [1.54, 1.807) is 6.07 Å². The summed E-state index contributed by atoms with van der Waals surface area (Å²) in [6.07, 6.45) is 0.768. The average Bonchev–Trinajstić information content (AvgIpc) is 2.67. The number of piperazine rings is 1. The molecule has 144 valence electrons. The van der Waals surface area contributed by atoms with E-state index in [2.05, 4.69) is 4.90 Å². The summed E-state index contributed by atoms with van der Waals surface area (Å²) in [4.78, 5) is 3.72. The maximum Gasteiger partial charge on any atom is 0.161 e. The number of hydrogen-bond acceptors (Lipinski definition) is 4. The average molecular weight is 410 g/mol. The topological polar surface area (TPSA) is 65.2 Å². The summed E-state index contributed by atoms with van der Waals surface area (Å²) < 4.78 is 12.9. The van der Waals surface area contributed by atoms with Crippen LogP contribution in [-0.4, -0.2) is 58.5 Å². The van der Waals surface area contributed by atoms with Crippen LogP contribution in [-0.2, 0) is 10.8 Å². The molecule has 4 rings (SSSR count). The predicted octanol–water partition coefficient (Wildman–Crippen LogP) is 1.84. The lowest BCUT2D eigenvalue weighted by Crippen LogP contribution is -3.13. The molecule has 1 saturated heterocycles. The Bertz CT molecular complexity index is 871. The van der Waals surface area contributed by atoms with Crippen LogP contribution < -0.4 is 9.96 Å². The van der Waals surface area contributed by atoms with Crippen molar-refractivity contribution < 1.29 is 24.3 Å². The SMILES string of the molecule is O=S1c2ccccc2N(CCC[N+]2(O)CC[NH+](O)CC2)c2cc(Cl)ccc21. The molecule has 0 saturated carbocycles. The number of rotatable bonds is 4. The molecule has 2 heterocycles. The van der Waals surface area contributed by atoms with Gasteiger partial charge in [-0.15, -0.1) is 0 Å². The summed E-state index contributed by atoms with van der Waals surface area (Å²) in [5.74, 6) is 0. The number of para-hydroxylation sites is 1. The molecule has 0 radical (unpaired) electrons. The standard InChI is InChI=1S/C19H23ClN3O3S/c20-15-6-7-19-17(14-15)22(16-4-1-2-5-18(16)27(19)26)8-3-11-23(25)12-9-21(24)10-13-23/h1-2,4-7,14,24-25H,3,8-13H2/q+1/p+1. The molecule has 2 aliphatic rings. The molecule has 0 amide bonds. The van der Waals surface area contributed by atoms with Crippen molar-refractivity contribution in [2.24, 2.45) is 0 Å². The van der Waals surface area contributed by atoms with Crippen molar-refractivity contribution in [3.05, 3.63) is 47.5 Å². The second-order valence-electron chi connectivity index (χ2n) is 7.19. The number of anilines is 2. The van der Waals surface area contributed by atoms with E-state index >= 15 is 0 Å². The first-order chi connectivity index (χ1) is 13.0. The van der Waals surface area contributed by atoms with Crippen molar-refractivity contribution in [3.8, 4) is 0 Å². The number of nitrogens with zero attached hydrogens (tertiary/aromatic N) is 2. The Morgan fingerprint density at radius 1 is 1.11 bits per heavy atom. The van der Waals surface area contributed by atoms with Gasteiger partial charge in [-0.3, -0.25) is 0 Å². The van der Waals surface area contributed by atoms with Gasteiger partial charge in [0, 0.05) is 18.0 Å². The summed E-state index contributed by atoms with van der Waals surface area (Å²) in [6.45, 7) is 3.52. The maximum absolute atomic E-state index is 12.9. The fourth-order valence-electron chi connectivity index (χ4n) is 3.84. The molecule has 3 N–H and O–H groups in total. The van der Waals surface area contributed by atoms with Gasteiger partial charge >= 0.3 is 0 Å². The lowest BCUT2D eigenvalue weighted by molar-refractivity contribution is -1.18. The molecule has 0 aromatic heterocycles. The van der Waals surface area contributed by atoms with Crippen LogP contribution in [0.5, 0.6) is 0 Å². The van der Waals surface area contributed by atoms with E-state index in [0.717, 1.165) is 27.6 Å². The number of halogens is 1. The number of quaternary nitrogens is 2. The summed E-state index contributed by atoms with van der Waals surface area (Å²) in [7, 11) is -1.23. The molecule has 0 spiro atoms. The highest BCUT2D eigenvalue weighted by Gasteiger charge is 2.34. The van der Waals surface area contributed by atoms with E-state index in [9.17, 15) is 14.6 Å². The van der Waals surface area contributed by atoms with Crippen LogP contribution in [0.25, 0.3) is 0 Å². The first-order valence-electron chi connectivity index (χ1n) is 9.17. The molecular weight excluding hydrogens is 386 g/mol. The van der Waals surface area contributed by atoms with Gasteiger partial charge in [0.1, 0.15) is 6.54 Å². The Morgan fingerprint density at radius 2 is 1.81 bits per heavy atom. The van der Waals surface area contributed by atoms with E-state index in [0.29, 0.717) is 49.4 Å². The van der Waals surface area contributed by atoms with Gasteiger partial charge in [0.2, 0.25) is 0 Å². The minimum absolute atomic E-state index is 0.00607. The molecule has 27 heavy (non-hydrogen) atoms. The predicted molar refractivity (Wildman–Crippen MR) is 103 cm³/mol. The largest absolute Gasteiger partial charge is 0.339 e. The highest BCUT2D eigenvalue weighted by molar-refractivity contribution is 7.85. The highest BCUT2D eigenvalue weighted by Crippen LogP contribution is 2.42. The van der Waals surface area contributed by atoms with Crippen LogP contribution in [0.2, 0.25) is 5.02 Å². The Balaban J connectivity index is 1.56. The van der Waals surface area contributed by atoms with Crippen LogP contribution >= 0.6 is 11.6 Å². The molecule has 0 aliphatic carbocycles. The zero-order valence-corrected chi connectivity index (χ0v) is 16.5. The molecular formula is C19H24ClN3O3S+2. The van der Waals surface area contributed by atoms with Crippen molar-refractivity contribution in [1.82, 2.24) is 0 Å². The highest BCUT2D eigenvalue weighted by atomic mass is 35.5. The summed E-state index contributed by atoms with van der Waals surface area (Å²) in [6, 6.07) is 13.2. The van der Waals surface area contributed by atoms with Gasteiger partial charge in [0.05, 0.1) is 32.0 Å². The molecule has 1 fully saturated rings. The van der Waals surface area contributed by atoms with Crippen molar-refractivity contribution >= 4 is 33.8 Å². The van der Waals surface area contributed by atoms with Crippen LogP contribution in [0.1, 0.15) is 6.42 Å². The molecule has 8 heteroatoms. The zero-order valence-electron chi connectivity index (χ0n) is 15.0. The second kappa shape index (κ2) is 7.50. The quantitative estimate of drug-likeness (QED) is 0.674. The third-order valence-corrected chi connectivity index (χ3v) is 7.08. The fourth-order valence-corrected chi connectivity index (χ4v) is 5.37. The van der Waals surface area contributed by atoms with Crippen LogP contribution in [0, 0.1) is 0 Å². The number of nitrogens with one attached hydrogen (secondary N) is 1. The smallest absolute Gasteiger partial charge is 0.161 e. The number of fused-ring (bicyclic) bond motifs is 2. The first kappa shape index (κ1) is 18.9. The molecule has 2 aliphatic heterocycles. The Hall–Kier alpha value is -1.48. The van der Waals surface area contributed by atoms with Crippen molar-refractivity contribution in [1.29, 1.82) is 0 Å². The Kier molecular flexibility index (Phi) is 5.24. The molecule has 1 atom stereocenters. The minimum atomic E-state index is -1.23. The summed E-state index contributed by atoms with van der Waals surface area (Å²) in [5, 5.41) is 21.4. The number of hydrogen-bond donors (Lipinski definition) is 3. The normalized spacial score (nSPS) is 27.1. The maximum atomic E-state index is 12.9. The Labute approximate surface area is 166 Å². The third kappa shape index (κ3) is 3.76. The molecule has 2 aromatic carbocycles. The van der Waals surface area contributed by atoms with Crippen molar-refractivity contribution in [2.45, 2.75) is 16.2 Å². The van der Waals surface area contributed by atoms with Gasteiger partial charge in [-0.25, -0.2) is 14.6 Å². The third-order valence-electron chi connectivity index (χ3n) is 5.36. The van der Waals surface area contributed by atoms with Gasteiger partial charge in [0.15, 0.2) is 26.2 Å². The monoisotopic (exact) mass is 409 g/mol. The number of benzene rings is 2. The fraction of sp³-hybridized carbons (Fsp3) is 0.368. The van der Waals surface area contributed by atoms with Crippen LogP contribution in [0.15, 0.2) is 52.3 Å². The van der Waals surface area contributed by atoms with Gasteiger partial charge in [0.25, 0.3) is 0 Å². The summed E-state index contributed by atoms with van der Waals surface area (Å²) in [5.41, 5.74) is 1.80. The van der Waals surface area contributed by atoms with E-state index in [1.165, 1.54) is 0 Å². The summed E-state index contributed by atoms with van der Waals surface area (Å²) >= 11 is 6.21. The lowest BCUT2D eigenvalue weighted by Gasteiger charge is -2.36. The van der Waals surface area contributed by atoms with Gasteiger partial charge in [-0.1, -0.05) is 23.7 Å². The van der Waals surface area contributed by atoms with Gasteiger partial charge < -0.3 is 4.90 Å². The minimum Gasteiger partial charge on any atom is -0.339 e. The van der Waals surface area contributed by atoms with Crippen LogP contribution in [0.4, 0.5) is 11.4 Å². The zero-order chi connectivity index (χ0) is 19.0. The van der Waals surface area contributed by atoms with E-state index in [1.807, 2.05) is 36.4 Å². The second-order valence-corrected chi connectivity index (χ2v) is 9.04. The van der Waals surface area contributed by atoms with Crippen LogP contribution in [0.3, 0.4) is 0 Å². The lowest BCUT2D eigenvalue weighted by atomic mass is 10.2. The van der Waals surface area contributed by atoms with Gasteiger partial charge in [-0.05, 0) is 30.3 Å². The molecule has 1 unspecified atom stereocenters. The Morgan fingerprint density at radius 3 is 2.59 bits per heavy atom. The number of hydroxylamine groups is 5. The first-order valence-corrected chi connectivity index (χ1v) is 10.7. The van der Waals surface area contributed by atoms with E-state index in [-0.39, 0.29) is 4.65 Å². The van der Waals surface area contributed by atoms with Crippen molar-refractivity contribution in [3.63, 3.8) is 0 Å². The van der Waals surface area contributed by atoms with Gasteiger partial charge in [-0.2, -0.15) is 9.71 Å². The van der Waals surface area contributed by atoms with E-state index < -0.39 is 10.8 Å². The van der Waals surface area contributed by atoms with Crippen molar-refractivity contribution in [2.75, 3.05) is 44.2 Å². The molecule has 0 bridgehead atoms.